The van der Waals surface area contributed by atoms with Crippen molar-refractivity contribution >= 4 is 53.9 Å². The van der Waals surface area contributed by atoms with Crippen molar-refractivity contribution in [3.05, 3.63) is 133 Å². The van der Waals surface area contributed by atoms with Crippen LogP contribution in [0.1, 0.15) is 5.56 Å². The molecule has 8 rings (SSSR count). The fourth-order valence-corrected chi connectivity index (χ4v) is 6.54. The maximum atomic E-state index is 14.9. The van der Waals surface area contributed by atoms with E-state index in [1.165, 1.54) is 6.07 Å². The number of alkyl halides is 3. The van der Waals surface area contributed by atoms with Gasteiger partial charge in [-0.15, -0.1) is 0 Å². The zero-order chi connectivity index (χ0) is 27.9. The van der Waals surface area contributed by atoms with Gasteiger partial charge in [-0.3, -0.25) is 0 Å². The number of rotatable bonds is 2. The predicted molar refractivity (Wildman–Crippen MR) is 161 cm³/mol. The van der Waals surface area contributed by atoms with E-state index in [2.05, 4.69) is 30.3 Å². The molecule has 0 spiro atoms. The van der Waals surface area contributed by atoms with Crippen LogP contribution in [0.3, 0.4) is 0 Å². The lowest BCUT2D eigenvalue weighted by Crippen LogP contribution is -2.04. The van der Waals surface area contributed by atoms with Gasteiger partial charge in [0, 0.05) is 10.8 Å². The Bertz CT molecular complexity index is 2240. The summed E-state index contributed by atoms with van der Waals surface area (Å²) in [5, 5.41) is 9.52. The zero-order valence-corrected chi connectivity index (χ0v) is 21.6. The molecule has 8 aromatic carbocycles. The molecule has 0 nitrogen and oxygen atoms in total. The molecule has 0 aromatic heterocycles. The highest BCUT2D eigenvalue weighted by Crippen LogP contribution is 2.47. The lowest BCUT2D eigenvalue weighted by Gasteiger charge is -2.20. The second kappa shape index (κ2) is 8.52. The highest BCUT2D eigenvalue weighted by atomic mass is 19.4. The largest absolute Gasteiger partial charge is 0.416 e. The van der Waals surface area contributed by atoms with E-state index in [1.807, 2.05) is 60.7 Å². The van der Waals surface area contributed by atoms with E-state index in [0.717, 1.165) is 82.9 Å². The second-order valence-electron chi connectivity index (χ2n) is 10.5. The Morgan fingerprint density at radius 2 is 0.902 bits per heavy atom. The van der Waals surface area contributed by atoms with E-state index < -0.39 is 11.7 Å². The van der Waals surface area contributed by atoms with E-state index >= 15 is 0 Å². The Hall–Kier alpha value is -4.96. The monoisotopic (exact) mass is 540 g/mol. The third-order valence-electron chi connectivity index (χ3n) is 8.31. The normalized spacial score (nSPS) is 12.4. The first-order valence-corrected chi connectivity index (χ1v) is 13.4. The maximum Gasteiger partial charge on any atom is 0.416 e. The first-order chi connectivity index (χ1) is 19.9. The summed E-state index contributed by atoms with van der Waals surface area (Å²) in [6.45, 7) is 0. The molecular weight excluding hydrogens is 520 g/mol. The van der Waals surface area contributed by atoms with Crippen LogP contribution < -0.4 is 0 Å². The van der Waals surface area contributed by atoms with Crippen LogP contribution in [0.25, 0.3) is 76.1 Å². The first kappa shape index (κ1) is 23.9. The molecule has 8 aromatic rings. The Kier molecular flexibility index (Phi) is 4.96. The van der Waals surface area contributed by atoms with Gasteiger partial charge in [0.15, 0.2) is 0 Å². The molecule has 0 bridgehead atoms. The molecule has 41 heavy (non-hydrogen) atoms. The fraction of sp³-hybridized carbons (Fsp3) is 0.0270. The molecule has 4 heteroatoms. The molecule has 0 aliphatic heterocycles. The topological polar surface area (TPSA) is 0 Å². The summed E-state index contributed by atoms with van der Waals surface area (Å²) in [4.78, 5) is 0. The Morgan fingerprint density at radius 3 is 1.49 bits per heavy atom. The summed E-state index contributed by atoms with van der Waals surface area (Å²) >= 11 is 0. The Morgan fingerprint density at radius 1 is 0.415 bits per heavy atom. The Labute approximate surface area is 232 Å². The van der Waals surface area contributed by atoms with Gasteiger partial charge >= 0.3 is 6.18 Å². The summed E-state index contributed by atoms with van der Waals surface area (Å²) in [6, 6.07) is 37.1. The molecule has 0 saturated carbocycles. The lowest BCUT2D eigenvalue weighted by molar-refractivity contribution is -0.137. The van der Waals surface area contributed by atoms with E-state index in [0.29, 0.717) is 5.39 Å². The molecule has 196 valence electrons. The molecule has 0 saturated heterocycles. The molecule has 0 N–H and O–H groups in total. The average Bonchev–Trinajstić information content (AvgIpc) is 2.99. The summed E-state index contributed by atoms with van der Waals surface area (Å²) in [5.41, 5.74) is 3.03. The van der Waals surface area contributed by atoms with Crippen LogP contribution in [-0.4, -0.2) is 0 Å². The van der Waals surface area contributed by atoms with Gasteiger partial charge in [-0.25, -0.2) is 4.39 Å². The molecule has 0 amide bonds. The molecule has 0 atom stereocenters. The van der Waals surface area contributed by atoms with Crippen molar-refractivity contribution in [3.8, 4) is 22.3 Å². The van der Waals surface area contributed by atoms with Crippen molar-refractivity contribution in [1.82, 2.24) is 0 Å². The lowest BCUT2D eigenvalue weighted by atomic mass is 9.83. The molecule has 0 unspecified atom stereocenters. The van der Waals surface area contributed by atoms with Crippen molar-refractivity contribution in [2.75, 3.05) is 0 Å². The van der Waals surface area contributed by atoms with Gasteiger partial charge in [-0.1, -0.05) is 103 Å². The van der Waals surface area contributed by atoms with Gasteiger partial charge in [0.1, 0.15) is 5.82 Å². The van der Waals surface area contributed by atoms with Gasteiger partial charge < -0.3 is 0 Å². The number of fused-ring (bicyclic) bond motifs is 2. The minimum absolute atomic E-state index is 0.242. The molecule has 0 aliphatic carbocycles. The van der Waals surface area contributed by atoms with Crippen molar-refractivity contribution in [2.45, 2.75) is 6.18 Å². The zero-order valence-electron chi connectivity index (χ0n) is 21.6. The summed E-state index contributed by atoms with van der Waals surface area (Å²) in [5.74, 6) is -0.242. The number of hydrogen-bond donors (Lipinski definition) is 0. The highest BCUT2D eigenvalue weighted by molar-refractivity contribution is 6.29. The quantitative estimate of drug-likeness (QED) is 0.116. The standard InChI is InChI=1S/C37H20F4/c38-32-20-14-23-11-17-29-30(18-12-22-13-19-31(32)35(23)34(22)29)36-27-7-3-1-5-25(27)33(26-6-2-4-8-28(26)36)21-9-15-24(16-10-21)37(39,40)41/h1-20H. The molecule has 0 heterocycles. The average molecular weight is 541 g/mol. The molecule has 0 fully saturated rings. The summed E-state index contributed by atoms with van der Waals surface area (Å²) in [6.07, 6.45) is -4.40. The van der Waals surface area contributed by atoms with Gasteiger partial charge in [0.2, 0.25) is 0 Å². The predicted octanol–water partition coefficient (Wildman–Crippen LogP) is 11.4. The minimum atomic E-state index is -4.40. The summed E-state index contributed by atoms with van der Waals surface area (Å²) < 4.78 is 54.9. The number of hydrogen-bond acceptors (Lipinski definition) is 0. The van der Waals surface area contributed by atoms with E-state index in [1.54, 1.807) is 12.1 Å². The van der Waals surface area contributed by atoms with Crippen LogP contribution in [0.5, 0.6) is 0 Å². The van der Waals surface area contributed by atoms with Crippen molar-refractivity contribution < 1.29 is 17.6 Å². The third kappa shape index (κ3) is 3.47. The van der Waals surface area contributed by atoms with Crippen LogP contribution in [0.15, 0.2) is 121 Å². The van der Waals surface area contributed by atoms with Crippen LogP contribution in [0, 0.1) is 5.82 Å². The smallest absolute Gasteiger partial charge is 0.206 e. The van der Waals surface area contributed by atoms with E-state index in [-0.39, 0.29) is 5.82 Å². The van der Waals surface area contributed by atoms with Gasteiger partial charge in [0.05, 0.1) is 5.56 Å². The van der Waals surface area contributed by atoms with Gasteiger partial charge in [0.25, 0.3) is 0 Å². The van der Waals surface area contributed by atoms with E-state index in [9.17, 15) is 17.6 Å². The van der Waals surface area contributed by atoms with Gasteiger partial charge in [-0.2, -0.15) is 13.2 Å². The highest BCUT2D eigenvalue weighted by Gasteiger charge is 2.30. The van der Waals surface area contributed by atoms with Crippen molar-refractivity contribution in [1.29, 1.82) is 0 Å². The fourth-order valence-electron chi connectivity index (χ4n) is 6.54. The Balaban J connectivity index is 1.50. The van der Waals surface area contributed by atoms with Crippen molar-refractivity contribution in [2.24, 2.45) is 0 Å². The maximum absolute atomic E-state index is 14.9. The first-order valence-electron chi connectivity index (χ1n) is 13.4. The molecular formula is C37H20F4. The summed E-state index contributed by atoms with van der Waals surface area (Å²) in [7, 11) is 0. The van der Waals surface area contributed by atoms with Crippen LogP contribution in [0.2, 0.25) is 0 Å². The van der Waals surface area contributed by atoms with Crippen LogP contribution in [0.4, 0.5) is 17.6 Å². The number of halogens is 4. The van der Waals surface area contributed by atoms with E-state index in [4.69, 9.17) is 0 Å². The van der Waals surface area contributed by atoms with Crippen LogP contribution >= 0.6 is 0 Å². The molecule has 0 aliphatic rings. The van der Waals surface area contributed by atoms with Crippen LogP contribution in [-0.2, 0) is 6.18 Å². The van der Waals surface area contributed by atoms with Gasteiger partial charge in [-0.05, 0) is 83.5 Å². The minimum Gasteiger partial charge on any atom is -0.206 e. The second-order valence-corrected chi connectivity index (χ2v) is 10.5. The SMILES string of the molecule is Fc1ccc2ccc3c(-c4c5ccccc5c(-c5ccc(C(F)(F)F)cc5)c5ccccc45)ccc4ccc1c2c43. The number of benzene rings is 8. The molecule has 0 radical (unpaired) electrons. The van der Waals surface area contributed by atoms with Crippen molar-refractivity contribution in [3.63, 3.8) is 0 Å². The third-order valence-corrected chi connectivity index (χ3v) is 8.31.